The van der Waals surface area contributed by atoms with Crippen molar-refractivity contribution in [3.8, 4) is 0 Å². The summed E-state index contributed by atoms with van der Waals surface area (Å²) in [5, 5.41) is 0. The Morgan fingerprint density at radius 1 is 1.11 bits per heavy atom. The van der Waals surface area contributed by atoms with Crippen molar-refractivity contribution < 1.29 is 4.57 Å². The largest absolute Gasteiger partial charge is 0.394 e. The van der Waals surface area contributed by atoms with Gasteiger partial charge in [0.15, 0.2) is 11.9 Å². The Morgan fingerprint density at radius 3 is 2.42 bits per heavy atom. The first-order valence-corrected chi connectivity index (χ1v) is 6.65. The summed E-state index contributed by atoms with van der Waals surface area (Å²) in [5.41, 5.74) is 11.7. The summed E-state index contributed by atoms with van der Waals surface area (Å²) in [6, 6.07) is 10.3. The van der Waals surface area contributed by atoms with Crippen LogP contribution >= 0.6 is 0 Å². The van der Waals surface area contributed by atoms with Crippen LogP contribution in [0, 0.1) is 13.8 Å². The molecule has 0 amide bonds. The fourth-order valence-corrected chi connectivity index (χ4v) is 2.26. The van der Waals surface area contributed by atoms with Crippen LogP contribution in [0.5, 0.6) is 0 Å². The summed E-state index contributed by atoms with van der Waals surface area (Å²) in [7, 11) is 0. The quantitative estimate of drug-likeness (QED) is 0.835. The number of hydrogen-bond donors (Lipinski definition) is 1. The van der Waals surface area contributed by atoms with E-state index in [4.69, 9.17) is 5.73 Å². The lowest BCUT2D eigenvalue weighted by molar-refractivity contribution is -0.698. The molecule has 2 nitrogen and oxygen atoms in total. The molecule has 1 aromatic heterocycles. The predicted octanol–water partition coefficient (Wildman–Crippen LogP) is 3.36. The average molecular weight is 253 g/mol. The number of anilines is 1. The van der Waals surface area contributed by atoms with Crippen LogP contribution in [-0.2, 0) is 6.54 Å². The molecule has 0 saturated heterocycles. The van der Waals surface area contributed by atoms with Crippen LogP contribution in [0.4, 0.5) is 5.69 Å². The van der Waals surface area contributed by atoms with Gasteiger partial charge in [-0.2, -0.15) is 0 Å². The molecule has 98 valence electrons. The first-order valence-electron chi connectivity index (χ1n) is 6.65. The van der Waals surface area contributed by atoms with Gasteiger partial charge in [-0.25, -0.2) is 4.57 Å². The second-order valence-electron chi connectivity index (χ2n) is 4.74. The van der Waals surface area contributed by atoms with Gasteiger partial charge in [-0.15, -0.1) is 0 Å². The summed E-state index contributed by atoms with van der Waals surface area (Å²) in [6.07, 6.45) is 6.31. The van der Waals surface area contributed by atoms with Gasteiger partial charge >= 0.3 is 0 Å². The number of nitrogen functional groups attached to an aromatic ring is 1. The van der Waals surface area contributed by atoms with Crippen LogP contribution in [0.25, 0.3) is 12.2 Å². The third kappa shape index (κ3) is 2.84. The highest BCUT2D eigenvalue weighted by Gasteiger charge is 2.14. The van der Waals surface area contributed by atoms with E-state index >= 15 is 0 Å². The zero-order chi connectivity index (χ0) is 13.8. The molecule has 2 rings (SSSR count). The lowest BCUT2D eigenvalue weighted by Crippen LogP contribution is -2.37. The van der Waals surface area contributed by atoms with Crippen LogP contribution in [0.2, 0.25) is 0 Å². The maximum atomic E-state index is 6.08. The number of hydrogen-bond acceptors (Lipinski definition) is 1. The third-order valence-electron chi connectivity index (χ3n) is 3.54. The second-order valence-corrected chi connectivity index (χ2v) is 4.74. The molecular formula is C17H21N2+. The Kier molecular flexibility index (Phi) is 4.00. The highest BCUT2D eigenvalue weighted by molar-refractivity contribution is 5.73. The number of rotatable bonds is 3. The van der Waals surface area contributed by atoms with Gasteiger partial charge in [0, 0.05) is 12.5 Å². The zero-order valence-corrected chi connectivity index (χ0v) is 11.9. The highest BCUT2D eigenvalue weighted by atomic mass is 15.0. The number of pyridine rings is 1. The smallest absolute Gasteiger partial charge is 0.192 e. The molecule has 0 aliphatic rings. The number of aryl methyl sites for hydroxylation is 1. The molecule has 2 aromatic rings. The molecule has 0 saturated carbocycles. The standard InChI is InChI=1S/C17H21N2/c1-4-19-12-17(18)13(2)16(14(19)3)11-10-15-8-6-5-7-9-15/h5-12H,4,18H2,1-3H3/q+1. The first kappa shape index (κ1) is 13.3. The van der Waals surface area contributed by atoms with E-state index in [1.807, 2.05) is 24.4 Å². The molecule has 2 N–H and O–H groups in total. The molecule has 1 aromatic carbocycles. The van der Waals surface area contributed by atoms with Gasteiger partial charge in [-0.1, -0.05) is 36.4 Å². The number of nitrogens with two attached hydrogens (primary N) is 1. The maximum Gasteiger partial charge on any atom is 0.192 e. The van der Waals surface area contributed by atoms with Crippen molar-refractivity contribution in [1.82, 2.24) is 0 Å². The molecule has 1 heterocycles. The number of benzene rings is 1. The van der Waals surface area contributed by atoms with Crippen molar-refractivity contribution in [2.24, 2.45) is 0 Å². The van der Waals surface area contributed by atoms with Crippen LogP contribution in [0.1, 0.15) is 29.3 Å². The van der Waals surface area contributed by atoms with E-state index in [1.54, 1.807) is 0 Å². The Balaban J connectivity index is 2.45. The predicted molar refractivity (Wildman–Crippen MR) is 81.6 cm³/mol. The van der Waals surface area contributed by atoms with E-state index in [9.17, 15) is 0 Å². The van der Waals surface area contributed by atoms with E-state index in [0.29, 0.717) is 0 Å². The van der Waals surface area contributed by atoms with Gasteiger partial charge in [0.1, 0.15) is 12.2 Å². The fourth-order valence-electron chi connectivity index (χ4n) is 2.26. The first-order chi connectivity index (χ1) is 9.13. The van der Waals surface area contributed by atoms with Gasteiger partial charge in [0.25, 0.3) is 0 Å². The van der Waals surface area contributed by atoms with Crippen LogP contribution < -0.4 is 10.3 Å². The molecule has 0 atom stereocenters. The van der Waals surface area contributed by atoms with E-state index in [1.165, 1.54) is 16.8 Å². The molecule has 19 heavy (non-hydrogen) atoms. The Bertz CT molecular complexity index is 598. The lowest BCUT2D eigenvalue weighted by atomic mass is 10.0. The minimum Gasteiger partial charge on any atom is -0.394 e. The summed E-state index contributed by atoms with van der Waals surface area (Å²) in [5.74, 6) is 0. The third-order valence-corrected chi connectivity index (χ3v) is 3.54. The average Bonchev–Trinajstić information content (AvgIpc) is 2.44. The van der Waals surface area contributed by atoms with Gasteiger partial charge < -0.3 is 5.73 Å². The normalized spacial score (nSPS) is 11.1. The zero-order valence-electron chi connectivity index (χ0n) is 11.9. The summed E-state index contributed by atoms with van der Waals surface area (Å²) < 4.78 is 2.19. The summed E-state index contributed by atoms with van der Waals surface area (Å²) in [4.78, 5) is 0. The van der Waals surface area contributed by atoms with Crippen LogP contribution in [0.15, 0.2) is 36.5 Å². The lowest BCUT2D eigenvalue weighted by Gasteiger charge is -2.08. The van der Waals surface area contributed by atoms with E-state index in [0.717, 1.165) is 17.8 Å². The van der Waals surface area contributed by atoms with Gasteiger partial charge in [-0.05, 0) is 31.1 Å². The monoisotopic (exact) mass is 253 g/mol. The Labute approximate surface area is 115 Å². The van der Waals surface area contributed by atoms with Gasteiger partial charge in [0.2, 0.25) is 0 Å². The fraction of sp³-hybridized carbons (Fsp3) is 0.235. The van der Waals surface area contributed by atoms with Crippen LogP contribution in [0.3, 0.4) is 0 Å². The Hall–Kier alpha value is -2.09. The van der Waals surface area contributed by atoms with Gasteiger partial charge in [0.05, 0.1) is 0 Å². The minimum absolute atomic E-state index is 0.847. The summed E-state index contributed by atoms with van der Waals surface area (Å²) in [6.45, 7) is 7.28. The van der Waals surface area contributed by atoms with Crippen molar-refractivity contribution in [2.45, 2.75) is 27.3 Å². The number of nitrogens with zero attached hydrogens (tertiary/aromatic N) is 1. The van der Waals surface area contributed by atoms with Gasteiger partial charge in [-0.3, -0.25) is 0 Å². The molecule has 0 aliphatic carbocycles. The molecule has 0 unspecified atom stereocenters. The number of aromatic nitrogens is 1. The molecule has 0 radical (unpaired) electrons. The maximum absolute atomic E-state index is 6.08. The highest BCUT2D eigenvalue weighted by Crippen LogP contribution is 2.19. The summed E-state index contributed by atoms with van der Waals surface area (Å²) >= 11 is 0. The second kappa shape index (κ2) is 5.70. The molecule has 2 heteroatoms. The van der Waals surface area contributed by atoms with Crippen molar-refractivity contribution in [2.75, 3.05) is 5.73 Å². The van der Waals surface area contributed by atoms with Crippen molar-refractivity contribution in [3.63, 3.8) is 0 Å². The van der Waals surface area contributed by atoms with Crippen molar-refractivity contribution in [3.05, 3.63) is 58.9 Å². The molecule has 0 fully saturated rings. The van der Waals surface area contributed by atoms with Crippen molar-refractivity contribution >= 4 is 17.8 Å². The van der Waals surface area contributed by atoms with E-state index < -0.39 is 0 Å². The molecule has 0 spiro atoms. The van der Waals surface area contributed by atoms with Crippen LogP contribution in [-0.4, -0.2) is 0 Å². The molecule has 0 aliphatic heterocycles. The van der Waals surface area contributed by atoms with E-state index in [-0.39, 0.29) is 0 Å². The van der Waals surface area contributed by atoms with E-state index in [2.05, 4.69) is 49.6 Å². The van der Waals surface area contributed by atoms with Crippen molar-refractivity contribution in [1.29, 1.82) is 0 Å². The SMILES string of the molecule is CC[n+]1cc(N)c(C)c(C=Cc2ccccc2)c1C. The molecule has 0 bridgehead atoms. The minimum atomic E-state index is 0.847. The molecular weight excluding hydrogens is 232 g/mol. The Morgan fingerprint density at radius 2 is 1.79 bits per heavy atom. The topological polar surface area (TPSA) is 29.9 Å².